The number of benzene rings is 1. The molecule has 102 valence electrons. The van der Waals surface area contributed by atoms with Gasteiger partial charge in [-0.1, -0.05) is 23.2 Å². The van der Waals surface area contributed by atoms with E-state index in [1.165, 1.54) is 0 Å². The number of carbonyl (C=O) groups excluding carboxylic acids is 1. The molecule has 2 rings (SSSR count). The van der Waals surface area contributed by atoms with Crippen LogP contribution in [0.1, 0.15) is 19.3 Å². The molecule has 19 heavy (non-hydrogen) atoms. The van der Waals surface area contributed by atoms with Gasteiger partial charge in [-0.05, 0) is 37.5 Å². The van der Waals surface area contributed by atoms with E-state index in [0.717, 1.165) is 0 Å². The van der Waals surface area contributed by atoms with Gasteiger partial charge in [-0.15, -0.1) is 0 Å². The monoisotopic (exact) mass is 301 g/mol. The first-order valence-electron chi connectivity index (χ1n) is 5.96. The summed E-state index contributed by atoms with van der Waals surface area (Å²) in [5.41, 5.74) is 0.456. The molecule has 2 unspecified atom stereocenters. The van der Waals surface area contributed by atoms with Crippen molar-refractivity contribution in [2.45, 2.75) is 19.3 Å². The number of nitrogens with one attached hydrogen (secondary N) is 1. The number of hydrogen-bond donors (Lipinski definition) is 2. The van der Waals surface area contributed by atoms with Crippen molar-refractivity contribution in [3.8, 4) is 0 Å². The third-order valence-electron chi connectivity index (χ3n) is 3.34. The lowest BCUT2D eigenvalue weighted by Crippen LogP contribution is -2.21. The van der Waals surface area contributed by atoms with Crippen LogP contribution < -0.4 is 5.32 Å². The number of carboxylic acid groups (broad SMARTS) is 1. The average Bonchev–Trinajstić information content (AvgIpc) is 2.83. The zero-order chi connectivity index (χ0) is 14.0. The number of hydrogen-bond acceptors (Lipinski definition) is 2. The van der Waals surface area contributed by atoms with E-state index in [0.29, 0.717) is 35.0 Å². The quantitative estimate of drug-likeness (QED) is 0.899. The maximum Gasteiger partial charge on any atom is 0.306 e. The van der Waals surface area contributed by atoms with E-state index in [2.05, 4.69) is 5.32 Å². The Hall–Kier alpha value is -1.26. The van der Waals surface area contributed by atoms with Crippen LogP contribution in [0.4, 0.5) is 5.69 Å². The Morgan fingerprint density at radius 3 is 2.53 bits per heavy atom. The number of amides is 1. The van der Waals surface area contributed by atoms with Gasteiger partial charge in [0.05, 0.1) is 16.6 Å². The summed E-state index contributed by atoms with van der Waals surface area (Å²) in [4.78, 5) is 22.9. The van der Waals surface area contributed by atoms with Crippen molar-refractivity contribution in [1.82, 2.24) is 0 Å². The molecule has 1 amide bonds. The summed E-state index contributed by atoms with van der Waals surface area (Å²) in [6, 6.07) is 4.81. The molecule has 1 saturated carbocycles. The zero-order valence-corrected chi connectivity index (χ0v) is 11.5. The fraction of sp³-hybridized carbons (Fsp3) is 0.385. The van der Waals surface area contributed by atoms with Crippen LogP contribution in [-0.4, -0.2) is 17.0 Å². The van der Waals surface area contributed by atoms with Crippen molar-refractivity contribution in [3.63, 3.8) is 0 Å². The molecular weight excluding hydrogens is 289 g/mol. The van der Waals surface area contributed by atoms with Crippen molar-refractivity contribution in [2.24, 2.45) is 11.8 Å². The average molecular weight is 302 g/mol. The van der Waals surface area contributed by atoms with Crippen LogP contribution in [0.3, 0.4) is 0 Å². The van der Waals surface area contributed by atoms with Crippen LogP contribution in [0.25, 0.3) is 0 Å². The number of carbonyl (C=O) groups is 2. The highest BCUT2D eigenvalue weighted by atomic mass is 35.5. The predicted octanol–water partition coefficient (Wildman–Crippen LogP) is 3.43. The molecule has 0 aliphatic heterocycles. The second-order valence-corrected chi connectivity index (χ2v) is 5.50. The summed E-state index contributed by atoms with van der Waals surface area (Å²) in [6.07, 6.45) is 1.50. The normalized spacial score (nSPS) is 22.2. The summed E-state index contributed by atoms with van der Waals surface area (Å²) in [6.45, 7) is 0. The zero-order valence-electron chi connectivity index (χ0n) is 10.0. The van der Waals surface area contributed by atoms with Gasteiger partial charge in [0.1, 0.15) is 0 Å². The minimum absolute atomic E-state index is 0.201. The molecule has 1 aromatic rings. The SMILES string of the molecule is O=C(O)C1CCC(C(=O)Nc2cc(Cl)ccc2Cl)C1. The first-order chi connectivity index (χ1) is 8.97. The highest BCUT2D eigenvalue weighted by Gasteiger charge is 2.33. The van der Waals surface area contributed by atoms with Gasteiger partial charge in [-0.3, -0.25) is 9.59 Å². The van der Waals surface area contributed by atoms with Crippen molar-refractivity contribution >= 4 is 40.8 Å². The highest BCUT2D eigenvalue weighted by Crippen LogP contribution is 2.33. The molecule has 1 aromatic carbocycles. The Morgan fingerprint density at radius 2 is 1.89 bits per heavy atom. The summed E-state index contributed by atoms with van der Waals surface area (Å²) >= 11 is 11.8. The molecule has 0 bridgehead atoms. The van der Waals surface area contributed by atoms with Gasteiger partial charge in [-0.25, -0.2) is 0 Å². The smallest absolute Gasteiger partial charge is 0.306 e. The van der Waals surface area contributed by atoms with Gasteiger partial charge in [-0.2, -0.15) is 0 Å². The number of halogens is 2. The van der Waals surface area contributed by atoms with E-state index in [9.17, 15) is 9.59 Å². The molecular formula is C13H13Cl2NO3. The van der Waals surface area contributed by atoms with Crippen LogP contribution in [0.2, 0.25) is 10.0 Å². The van der Waals surface area contributed by atoms with E-state index in [1.807, 2.05) is 0 Å². The van der Waals surface area contributed by atoms with Gasteiger partial charge in [0.2, 0.25) is 5.91 Å². The molecule has 0 spiro atoms. The van der Waals surface area contributed by atoms with Gasteiger partial charge in [0.25, 0.3) is 0 Å². The standard InChI is InChI=1S/C13H13Cl2NO3/c14-9-3-4-10(15)11(6-9)16-12(17)7-1-2-8(5-7)13(18)19/h3-4,6-8H,1-2,5H2,(H,16,17)(H,18,19). The maximum atomic E-state index is 12.0. The second kappa shape index (κ2) is 5.80. The van der Waals surface area contributed by atoms with Gasteiger partial charge in [0.15, 0.2) is 0 Å². The molecule has 0 saturated heterocycles. The summed E-state index contributed by atoms with van der Waals surface area (Å²) in [7, 11) is 0. The van der Waals surface area contributed by atoms with E-state index in [1.54, 1.807) is 18.2 Å². The molecule has 1 aliphatic carbocycles. The Balaban J connectivity index is 2.02. The highest BCUT2D eigenvalue weighted by molar-refractivity contribution is 6.35. The fourth-order valence-electron chi connectivity index (χ4n) is 2.27. The maximum absolute atomic E-state index is 12.0. The first kappa shape index (κ1) is 14.2. The minimum Gasteiger partial charge on any atom is -0.481 e. The van der Waals surface area contributed by atoms with Gasteiger partial charge < -0.3 is 10.4 Å². The van der Waals surface area contributed by atoms with Crippen LogP contribution in [0.5, 0.6) is 0 Å². The summed E-state index contributed by atoms with van der Waals surface area (Å²) in [5, 5.41) is 12.5. The van der Waals surface area contributed by atoms with E-state index < -0.39 is 11.9 Å². The Kier molecular flexibility index (Phi) is 4.32. The molecule has 0 heterocycles. The number of aliphatic carboxylic acids is 1. The number of anilines is 1. The second-order valence-electron chi connectivity index (χ2n) is 4.66. The number of carboxylic acids is 1. The molecule has 2 N–H and O–H groups in total. The fourth-order valence-corrected chi connectivity index (χ4v) is 2.61. The van der Waals surface area contributed by atoms with Crippen LogP contribution in [-0.2, 0) is 9.59 Å². The lowest BCUT2D eigenvalue weighted by atomic mass is 10.0. The lowest BCUT2D eigenvalue weighted by Gasteiger charge is -2.12. The number of rotatable bonds is 3. The Morgan fingerprint density at radius 1 is 1.21 bits per heavy atom. The molecule has 1 fully saturated rings. The largest absolute Gasteiger partial charge is 0.481 e. The molecule has 0 radical (unpaired) electrons. The van der Waals surface area contributed by atoms with E-state index in [4.69, 9.17) is 28.3 Å². The molecule has 1 aliphatic rings. The van der Waals surface area contributed by atoms with Crippen molar-refractivity contribution in [2.75, 3.05) is 5.32 Å². The lowest BCUT2D eigenvalue weighted by molar-refractivity contribution is -0.141. The third-order valence-corrected chi connectivity index (χ3v) is 3.90. The molecule has 0 aromatic heterocycles. The first-order valence-corrected chi connectivity index (χ1v) is 6.71. The molecule has 4 nitrogen and oxygen atoms in total. The molecule has 2 atom stereocenters. The third kappa shape index (κ3) is 3.39. The predicted molar refractivity (Wildman–Crippen MR) is 73.6 cm³/mol. The van der Waals surface area contributed by atoms with E-state index >= 15 is 0 Å². The van der Waals surface area contributed by atoms with Crippen LogP contribution in [0.15, 0.2) is 18.2 Å². The summed E-state index contributed by atoms with van der Waals surface area (Å²) in [5.74, 6) is -1.74. The van der Waals surface area contributed by atoms with Crippen molar-refractivity contribution < 1.29 is 14.7 Å². The Bertz CT molecular complexity index is 519. The topological polar surface area (TPSA) is 66.4 Å². The van der Waals surface area contributed by atoms with Crippen molar-refractivity contribution in [1.29, 1.82) is 0 Å². The Labute approximate surface area is 120 Å². The van der Waals surface area contributed by atoms with Crippen LogP contribution >= 0.6 is 23.2 Å². The van der Waals surface area contributed by atoms with Crippen LogP contribution in [0, 0.1) is 11.8 Å². The minimum atomic E-state index is -0.837. The van der Waals surface area contributed by atoms with Gasteiger partial charge in [0, 0.05) is 10.9 Å². The summed E-state index contributed by atoms with van der Waals surface area (Å²) < 4.78 is 0. The molecule has 6 heteroatoms. The van der Waals surface area contributed by atoms with E-state index in [-0.39, 0.29) is 11.8 Å². The van der Waals surface area contributed by atoms with Gasteiger partial charge >= 0.3 is 5.97 Å². The van der Waals surface area contributed by atoms with Crippen molar-refractivity contribution in [3.05, 3.63) is 28.2 Å².